The molecule has 33 heavy (non-hydrogen) atoms. The molecule has 1 N–H and O–H groups in total. The van der Waals surface area contributed by atoms with Crippen molar-refractivity contribution in [1.82, 2.24) is 25.1 Å². The van der Waals surface area contributed by atoms with Gasteiger partial charge in [0.1, 0.15) is 6.54 Å². The molecule has 0 saturated carbocycles. The predicted molar refractivity (Wildman–Crippen MR) is 124 cm³/mol. The highest BCUT2D eigenvalue weighted by molar-refractivity contribution is 5.85. The van der Waals surface area contributed by atoms with E-state index in [1.165, 1.54) is 0 Å². The fourth-order valence-corrected chi connectivity index (χ4v) is 4.50. The Bertz CT molecular complexity index is 986. The van der Waals surface area contributed by atoms with Crippen LogP contribution in [-0.4, -0.2) is 104 Å². The van der Waals surface area contributed by atoms with Gasteiger partial charge in [-0.3, -0.25) is 4.79 Å². The highest BCUT2D eigenvalue weighted by Crippen LogP contribution is 2.31. The van der Waals surface area contributed by atoms with E-state index in [0.29, 0.717) is 39.4 Å². The van der Waals surface area contributed by atoms with E-state index in [-0.39, 0.29) is 18.5 Å². The molecule has 2 aromatic rings. The Morgan fingerprint density at radius 1 is 0.939 bits per heavy atom. The second-order valence-corrected chi connectivity index (χ2v) is 8.41. The van der Waals surface area contributed by atoms with Gasteiger partial charge in [-0.05, 0) is 6.07 Å². The Morgan fingerprint density at radius 2 is 1.67 bits per heavy atom. The lowest BCUT2D eigenvalue weighted by molar-refractivity contribution is -0.131. The zero-order chi connectivity index (χ0) is 22.6. The minimum absolute atomic E-state index is 0.00656. The zero-order valence-electron chi connectivity index (χ0n) is 18.7. The predicted octanol–water partition coefficient (Wildman–Crippen LogP) is 0.654. The van der Waals surface area contributed by atoms with Crippen LogP contribution in [0.15, 0.2) is 36.7 Å². The number of benzene rings is 1. The highest BCUT2D eigenvalue weighted by Gasteiger charge is 2.27. The van der Waals surface area contributed by atoms with Crippen molar-refractivity contribution in [2.45, 2.75) is 0 Å². The summed E-state index contributed by atoms with van der Waals surface area (Å²) >= 11 is 0. The molecule has 0 bridgehead atoms. The molecule has 4 heterocycles. The average Bonchev–Trinajstić information content (AvgIpc) is 3.29. The molecule has 5 rings (SSSR count). The second-order valence-electron chi connectivity index (χ2n) is 8.41. The van der Waals surface area contributed by atoms with E-state index < -0.39 is 0 Å². The Kier molecular flexibility index (Phi) is 6.25. The summed E-state index contributed by atoms with van der Waals surface area (Å²) in [4.78, 5) is 41.5. The van der Waals surface area contributed by atoms with Crippen LogP contribution in [-0.2, 0) is 9.53 Å². The van der Waals surface area contributed by atoms with Gasteiger partial charge in [0.2, 0.25) is 11.9 Å². The number of aromatic nitrogens is 2. The third kappa shape index (κ3) is 4.70. The van der Waals surface area contributed by atoms with Gasteiger partial charge in [0.05, 0.1) is 13.2 Å². The third-order valence-electron chi connectivity index (χ3n) is 6.39. The molecule has 3 saturated heterocycles. The first-order chi connectivity index (χ1) is 16.2. The van der Waals surface area contributed by atoms with Crippen LogP contribution in [0.3, 0.4) is 0 Å². The van der Waals surface area contributed by atoms with Gasteiger partial charge in [0.15, 0.2) is 0 Å². The van der Waals surface area contributed by atoms with E-state index >= 15 is 0 Å². The van der Waals surface area contributed by atoms with Crippen molar-refractivity contribution in [3.8, 4) is 11.1 Å². The van der Waals surface area contributed by atoms with Crippen molar-refractivity contribution in [1.29, 1.82) is 0 Å². The van der Waals surface area contributed by atoms with Crippen LogP contribution >= 0.6 is 0 Å². The molecule has 3 aliphatic heterocycles. The van der Waals surface area contributed by atoms with Crippen LogP contribution in [0.4, 0.5) is 16.4 Å². The van der Waals surface area contributed by atoms with Crippen molar-refractivity contribution >= 4 is 23.6 Å². The van der Waals surface area contributed by atoms with Crippen molar-refractivity contribution in [3.05, 3.63) is 36.7 Å². The molecular formula is C23H29N7O3. The Labute approximate surface area is 193 Å². The monoisotopic (exact) mass is 451 g/mol. The van der Waals surface area contributed by atoms with Crippen LogP contribution in [0.1, 0.15) is 0 Å². The molecule has 3 fully saturated rings. The van der Waals surface area contributed by atoms with Gasteiger partial charge in [-0.15, -0.1) is 0 Å². The van der Waals surface area contributed by atoms with Gasteiger partial charge >= 0.3 is 6.03 Å². The fraction of sp³-hybridized carbons (Fsp3) is 0.478. The van der Waals surface area contributed by atoms with E-state index in [0.717, 1.165) is 48.9 Å². The van der Waals surface area contributed by atoms with Crippen molar-refractivity contribution in [3.63, 3.8) is 0 Å². The van der Waals surface area contributed by atoms with Crippen LogP contribution < -0.4 is 15.1 Å². The van der Waals surface area contributed by atoms with Gasteiger partial charge in [-0.1, -0.05) is 18.2 Å². The smallest absolute Gasteiger partial charge is 0.317 e. The molecule has 10 nitrogen and oxygen atoms in total. The number of hydrogen-bond acceptors (Lipinski definition) is 7. The molecule has 1 aromatic carbocycles. The van der Waals surface area contributed by atoms with E-state index in [4.69, 9.17) is 4.74 Å². The van der Waals surface area contributed by atoms with Crippen molar-refractivity contribution < 1.29 is 14.3 Å². The van der Waals surface area contributed by atoms with Crippen LogP contribution in [0.2, 0.25) is 0 Å². The lowest BCUT2D eigenvalue weighted by Gasteiger charge is -2.37. The largest absolute Gasteiger partial charge is 0.378 e. The van der Waals surface area contributed by atoms with E-state index in [2.05, 4.69) is 37.2 Å². The molecule has 3 amide bonds. The molecule has 3 aliphatic rings. The Hall–Kier alpha value is -3.40. The summed E-state index contributed by atoms with van der Waals surface area (Å²) in [6, 6.07) is 8.10. The molecule has 1 aromatic heterocycles. The van der Waals surface area contributed by atoms with E-state index in [1.807, 2.05) is 29.4 Å². The SMILES string of the molecule is O=C(CN1CCNC1=O)N1CCN(c2ccccc2-c2cnc(N3CCOCC3)nc2)CC1. The number of ether oxygens (including phenoxy) is 1. The van der Waals surface area contributed by atoms with E-state index in [1.54, 1.807) is 4.90 Å². The number of nitrogens with one attached hydrogen (secondary N) is 1. The Balaban J connectivity index is 1.24. The standard InChI is InChI=1S/C23H29N7O3/c31-21(17-30-6-5-24-23(30)32)28-9-7-27(8-10-28)20-4-2-1-3-19(20)18-15-25-22(26-16-18)29-11-13-33-14-12-29/h1-4,15-16H,5-14,17H2,(H,24,32). The van der Waals surface area contributed by atoms with Crippen molar-refractivity contribution in [2.24, 2.45) is 0 Å². The summed E-state index contributed by atoms with van der Waals surface area (Å²) in [5.74, 6) is 0.741. The maximum Gasteiger partial charge on any atom is 0.317 e. The van der Waals surface area contributed by atoms with Gasteiger partial charge < -0.3 is 29.7 Å². The quantitative estimate of drug-likeness (QED) is 0.714. The first kappa shape index (κ1) is 21.4. The van der Waals surface area contributed by atoms with Gasteiger partial charge in [-0.2, -0.15) is 0 Å². The molecule has 0 radical (unpaired) electrons. The topological polar surface area (TPSA) is 94.1 Å². The van der Waals surface area contributed by atoms with Crippen LogP contribution in [0.25, 0.3) is 11.1 Å². The lowest BCUT2D eigenvalue weighted by Crippen LogP contribution is -2.51. The summed E-state index contributed by atoms with van der Waals surface area (Å²) < 4.78 is 5.41. The number of urea groups is 1. The molecule has 0 spiro atoms. The number of anilines is 2. The minimum Gasteiger partial charge on any atom is -0.378 e. The minimum atomic E-state index is -0.155. The summed E-state index contributed by atoms with van der Waals surface area (Å²) in [6.45, 7) is 7.10. The summed E-state index contributed by atoms with van der Waals surface area (Å²) in [5, 5.41) is 2.74. The number of morpholine rings is 1. The third-order valence-corrected chi connectivity index (χ3v) is 6.39. The number of hydrogen-bond donors (Lipinski definition) is 1. The van der Waals surface area contributed by atoms with Gasteiger partial charge in [0, 0.05) is 81.6 Å². The summed E-state index contributed by atoms with van der Waals surface area (Å²) in [5.41, 5.74) is 3.17. The number of carbonyl (C=O) groups excluding carboxylic acids is 2. The van der Waals surface area contributed by atoms with Gasteiger partial charge in [0.25, 0.3) is 0 Å². The molecule has 0 atom stereocenters. The number of nitrogens with zero attached hydrogens (tertiary/aromatic N) is 6. The Morgan fingerprint density at radius 3 is 2.36 bits per heavy atom. The average molecular weight is 452 g/mol. The van der Waals surface area contributed by atoms with Crippen LogP contribution in [0, 0.1) is 0 Å². The first-order valence-corrected chi connectivity index (χ1v) is 11.5. The van der Waals surface area contributed by atoms with Gasteiger partial charge in [-0.25, -0.2) is 14.8 Å². The maximum absolute atomic E-state index is 12.7. The zero-order valence-corrected chi connectivity index (χ0v) is 18.7. The molecular weight excluding hydrogens is 422 g/mol. The molecule has 0 unspecified atom stereocenters. The molecule has 10 heteroatoms. The summed E-state index contributed by atoms with van der Waals surface area (Å²) in [6.07, 6.45) is 3.77. The van der Waals surface area contributed by atoms with E-state index in [9.17, 15) is 9.59 Å². The molecule has 0 aliphatic carbocycles. The molecule has 174 valence electrons. The first-order valence-electron chi connectivity index (χ1n) is 11.5. The number of piperazine rings is 1. The number of rotatable bonds is 5. The second kappa shape index (κ2) is 9.62. The number of para-hydroxylation sites is 1. The maximum atomic E-state index is 12.7. The fourth-order valence-electron chi connectivity index (χ4n) is 4.50. The number of amides is 3. The number of carbonyl (C=O) groups is 2. The lowest BCUT2D eigenvalue weighted by atomic mass is 10.1. The highest BCUT2D eigenvalue weighted by atomic mass is 16.5. The van der Waals surface area contributed by atoms with Crippen molar-refractivity contribution in [2.75, 3.05) is 81.9 Å². The normalized spacial score (nSPS) is 19.1. The van der Waals surface area contributed by atoms with Crippen LogP contribution in [0.5, 0.6) is 0 Å². The summed E-state index contributed by atoms with van der Waals surface area (Å²) in [7, 11) is 0.